The number of aromatic nitrogens is 3. The number of benzene rings is 1. The molecule has 1 aromatic carbocycles. The molecule has 2 aromatic heterocycles. The molecule has 2 fully saturated rings. The molecule has 3 aromatic rings. The molecule has 36 heavy (non-hydrogen) atoms. The lowest BCUT2D eigenvalue weighted by molar-refractivity contribution is 0.0938. The molecular weight excluding hydrogens is 447 g/mol. The van der Waals surface area contributed by atoms with Crippen molar-refractivity contribution in [1.82, 2.24) is 19.9 Å². The third-order valence-electron chi connectivity index (χ3n) is 7.32. The maximum atomic E-state index is 12.9. The van der Waals surface area contributed by atoms with Crippen molar-refractivity contribution in [2.45, 2.75) is 64.0 Å². The predicted molar refractivity (Wildman–Crippen MR) is 144 cm³/mol. The van der Waals surface area contributed by atoms with Gasteiger partial charge in [0, 0.05) is 60.2 Å². The fourth-order valence-electron chi connectivity index (χ4n) is 5.40. The molecule has 2 atom stereocenters. The number of nitrogens with zero attached hydrogens (tertiary/aromatic N) is 4. The topological polar surface area (TPSA) is 74.6 Å². The van der Waals surface area contributed by atoms with Crippen LogP contribution in [-0.2, 0) is 6.42 Å². The van der Waals surface area contributed by atoms with Crippen LogP contribution in [0.2, 0.25) is 0 Å². The summed E-state index contributed by atoms with van der Waals surface area (Å²) < 4.78 is 1.86. The monoisotopic (exact) mass is 480 g/mol. The molecule has 184 valence electrons. The lowest BCUT2D eigenvalue weighted by Crippen LogP contribution is -2.34. The van der Waals surface area contributed by atoms with Crippen LogP contribution < -0.4 is 15.5 Å². The standard InChI is InChI=1S/C28H33BN6O/c1-2-3-22-19-27(35-26(31-22)11-15-30-35)32-23-6-7-24(18-23)33-28(36)21-4-8-25(9-5-21)34-16-12-20(10-14-29)13-17-34/h4-5,8-9,11,15,19-20,23-24,32H,2-3,6-7,12-13,16-18H2,1H3,(H,33,36). The van der Waals surface area contributed by atoms with Crippen LogP contribution in [0.1, 0.15) is 61.5 Å². The number of anilines is 2. The minimum absolute atomic E-state index is 0.00672. The third kappa shape index (κ3) is 5.51. The first-order chi connectivity index (χ1) is 17.6. The van der Waals surface area contributed by atoms with Gasteiger partial charge in [-0.25, -0.2) is 4.98 Å². The van der Waals surface area contributed by atoms with Gasteiger partial charge >= 0.3 is 0 Å². The first-order valence-corrected chi connectivity index (χ1v) is 13.1. The second-order valence-corrected chi connectivity index (χ2v) is 9.91. The van der Waals surface area contributed by atoms with Crippen LogP contribution in [0.5, 0.6) is 0 Å². The number of nitrogens with one attached hydrogen (secondary N) is 2. The predicted octanol–water partition coefficient (Wildman–Crippen LogP) is 3.79. The number of carbonyl (C=O) groups excluding carboxylic acids is 1. The van der Waals surface area contributed by atoms with E-state index in [2.05, 4.69) is 62.5 Å². The molecule has 1 saturated carbocycles. The number of amides is 1. The van der Waals surface area contributed by atoms with Gasteiger partial charge in [-0.15, -0.1) is 5.92 Å². The summed E-state index contributed by atoms with van der Waals surface area (Å²) in [4.78, 5) is 20.0. The van der Waals surface area contributed by atoms with Gasteiger partial charge in [-0.1, -0.05) is 13.3 Å². The number of hydrogen-bond donors (Lipinski definition) is 2. The van der Waals surface area contributed by atoms with Crippen LogP contribution in [-0.4, -0.2) is 53.5 Å². The summed E-state index contributed by atoms with van der Waals surface area (Å²) in [5, 5.41) is 11.3. The van der Waals surface area contributed by atoms with Crippen LogP contribution in [0.25, 0.3) is 5.65 Å². The van der Waals surface area contributed by atoms with Crippen molar-refractivity contribution in [3.8, 4) is 11.7 Å². The Labute approximate surface area is 214 Å². The Hall–Kier alpha value is -3.47. The van der Waals surface area contributed by atoms with Gasteiger partial charge in [0.25, 0.3) is 5.91 Å². The van der Waals surface area contributed by atoms with E-state index in [0.717, 1.165) is 80.9 Å². The molecule has 1 aliphatic carbocycles. The van der Waals surface area contributed by atoms with Gasteiger partial charge in [-0.3, -0.25) is 4.79 Å². The van der Waals surface area contributed by atoms with Crippen molar-refractivity contribution in [3.63, 3.8) is 0 Å². The highest BCUT2D eigenvalue weighted by molar-refractivity contribution is 6.22. The Balaban J connectivity index is 1.15. The van der Waals surface area contributed by atoms with Crippen molar-refractivity contribution in [2.24, 2.45) is 5.92 Å². The van der Waals surface area contributed by atoms with E-state index in [1.165, 1.54) is 0 Å². The van der Waals surface area contributed by atoms with E-state index < -0.39 is 0 Å². The maximum Gasteiger partial charge on any atom is 0.251 e. The van der Waals surface area contributed by atoms with E-state index >= 15 is 0 Å². The largest absolute Gasteiger partial charge is 0.371 e. The minimum Gasteiger partial charge on any atom is -0.371 e. The van der Waals surface area contributed by atoms with Gasteiger partial charge in [-0.2, -0.15) is 15.4 Å². The molecule has 1 amide bonds. The Morgan fingerprint density at radius 3 is 2.64 bits per heavy atom. The molecule has 3 heterocycles. The van der Waals surface area contributed by atoms with Gasteiger partial charge < -0.3 is 15.5 Å². The molecule has 2 aliphatic rings. The summed E-state index contributed by atoms with van der Waals surface area (Å²) in [5.74, 6) is 6.99. The van der Waals surface area contributed by atoms with Crippen LogP contribution in [0.15, 0.2) is 42.6 Å². The zero-order chi connectivity index (χ0) is 24.9. The number of carbonyl (C=O) groups is 1. The van der Waals surface area contributed by atoms with Crippen LogP contribution >= 0.6 is 0 Å². The van der Waals surface area contributed by atoms with Crippen molar-refractivity contribution in [3.05, 3.63) is 53.9 Å². The SMILES string of the molecule is [B]C#CC1CCN(c2ccc(C(=O)NC3CCC(Nc4cc(CCC)nc5ccnn45)C3)cc2)CC1. The summed E-state index contributed by atoms with van der Waals surface area (Å²) in [6, 6.07) is 12.4. The molecule has 2 radical (unpaired) electrons. The maximum absolute atomic E-state index is 12.9. The van der Waals surface area contributed by atoms with E-state index in [1.807, 2.05) is 22.7 Å². The lowest BCUT2D eigenvalue weighted by atomic mass is 9.95. The number of fused-ring (bicyclic) bond motifs is 1. The van der Waals surface area contributed by atoms with Gasteiger partial charge in [0.1, 0.15) is 5.82 Å². The number of piperidine rings is 1. The zero-order valence-corrected chi connectivity index (χ0v) is 20.9. The Kier molecular flexibility index (Phi) is 7.45. The average Bonchev–Trinajstić information content (AvgIpc) is 3.55. The molecule has 2 unspecified atom stereocenters. The Morgan fingerprint density at radius 1 is 1.11 bits per heavy atom. The zero-order valence-electron chi connectivity index (χ0n) is 20.9. The molecular formula is C28H33BN6O. The van der Waals surface area contributed by atoms with Crippen LogP contribution in [0.3, 0.4) is 0 Å². The molecule has 0 spiro atoms. The highest BCUT2D eigenvalue weighted by Crippen LogP contribution is 2.26. The van der Waals surface area contributed by atoms with E-state index in [0.29, 0.717) is 11.5 Å². The minimum atomic E-state index is -0.00672. The molecule has 8 heteroatoms. The first-order valence-electron chi connectivity index (χ1n) is 13.1. The van der Waals surface area contributed by atoms with E-state index in [1.54, 1.807) is 6.20 Å². The van der Waals surface area contributed by atoms with Crippen molar-refractivity contribution in [2.75, 3.05) is 23.3 Å². The Morgan fingerprint density at radius 2 is 1.89 bits per heavy atom. The second-order valence-electron chi connectivity index (χ2n) is 9.91. The Bertz CT molecular complexity index is 1250. The smallest absolute Gasteiger partial charge is 0.251 e. The summed E-state index contributed by atoms with van der Waals surface area (Å²) in [6.45, 7) is 4.09. The summed E-state index contributed by atoms with van der Waals surface area (Å²) in [7, 11) is 5.36. The van der Waals surface area contributed by atoms with Crippen LogP contribution in [0, 0.1) is 17.7 Å². The molecule has 1 saturated heterocycles. The van der Waals surface area contributed by atoms with Crippen molar-refractivity contribution in [1.29, 1.82) is 0 Å². The lowest BCUT2D eigenvalue weighted by Gasteiger charge is -2.31. The van der Waals surface area contributed by atoms with Gasteiger partial charge in [0.15, 0.2) is 13.5 Å². The van der Waals surface area contributed by atoms with E-state index in [9.17, 15) is 4.79 Å². The number of hydrogen-bond acceptors (Lipinski definition) is 5. The summed E-state index contributed by atoms with van der Waals surface area (Å²) in [6.07, 6.45) is 8.67. The average molecular weight is 480 g/mol. The van der Waals surface area contributed by atoms with E-state index in [4.69, 9.17) is 7.85 Å². The number of aryl methyl sites for hydroxylation is 1. The second kappa shape index (κ2) is 11.1. The molecule has 1 aliphatic heterocycles. The van der Waals surface area contributed by atoms with E-state index in [-0.39, 0.29) is 18.0 Å². The van der Waals surface area contributed by atoms with Crippen LogP contribution in [0.4, 0.5) is 11.5 Å². The van der Waals surface area contributed by atoms with Gasteiger partial charge in [-0.05, 0) is 62.8 Å². The fraction of sp³-hybridized carbons (Fsp3) is 0.464. The number of rotatable bonds is 7. The molecule has 7 nitrogen and oxygen atoms in total. The van der Waals surface area contributed by atoms with Gasteiger partial charge in [0.2, 0.25) is 0 Å². The summed E-state index contributed by atoms with van der Waals surface area (Å²) >= 11 is 0. The van der Waals surface area contributed by atoms with Crippen molar-refractivity contribution < 1.29 is 4.79 Å². The highest BCUT2D eigenvalue weighted by atomic mass is 16.1. The third-order valence-corrected chi connectivity index (χ3v) is 7.32. The highest BCUT2D eigenvalue weighted by Gasteiger charge is 2.27. The fourth-order valence-corrected chi connectivity index (χ4v) is 5.40. The molecule has 0 bridgehead atoms. The van der Waals surface area contributed by atoms with Crippen molar-refractivity contribution >= 4 is 30.9 Å². The normalized spacial score (nSPS) is 20.2. The summed E-state index contributed by atoms with van der Waals surface area (Å²) in [5.41, 5.74) is 3.80. The van der Waals surface area contributed by atoms with Gasteiger partial charge in [0.05, 0.1) is 6.20 Å². The molecule has 5 rings (SSSR count). The first kappa shape index (κ1) is 24.2. The molecule has 2 N–H and O–H groups in total. The quantitative estimate of drug-likeness (QED) is 0.398.